The molecular formula is C7H8O4. The van der Waals surface area contributed by atoms with Gasteiger partial charge in [0.15, 0.2) is 0 Å². The summed E-state index contributed by atoms with van der Waals surface area (Å²) in [5, 5.41) is 17.3. The molecule has 0 spiro atoms. The van der Waals surface area contributed by atoms with Gasteiger partial charge in [0.1, 0.15) is 11.9 Å². The minimum atomic E-state index is -1.13. The van der Waals surface area contributed by atoms with Gasteiger partial charge in [-0.1, -0.05) is 0 Å². The molecule has 1 aromatic rings. The van der Waals surface area contributed by atoms with E-state index in [9.17, 15) is 4.79 Å². The zero-order valence-corrected chi connectivity index (χ0v) is 5.94. The van der Waals surface area contributed by atoms with Crippen LogP contribution in [0, 0.1) is 0 Å². The van der Waals surface area contributed by atoms with E-state index in [2.05, 4.69) is 0 Å². The van der Waals surface area contributed by atoms with Crippen LogP contribution in [0.25, 0.3) is 0 Å². The number of carboxylic acid groups (broad SMARTS) is 1. The predicted molar refractivity (Wildman–Crippen MR) is 36.3 cm³/mol. The third-order valence-corrected chi connectivity index (χ3v) is 1.25. The quantitative estimate of drug-likeness (QED) is 0.670. The van der Waals surface area contributed by atoms with Crippen molar-refractivity contribution in [3.05, 3.63) is 23.7 Å². The van der Waals surface area contributed by atoms with Gasteiger partial charge in [0.05, 0.1) is 0 Å². The summed E-state index contributed by atoms with van der Waals surface area (Å²) in [5.74, 6) is -1.01. The average molecular weight is 156 g/mol. The van der Waals surface area contributed by atoms with E-state index in [-0.39, 0.29) is 11.5 Å². The lowest BCUT2D eigenvalue weighted by Crippen LogP contribution is -1.92. The first-order valence-electron chi connectivity index (χ1n) is 3.12. The standard InChI is InChI=1S/C7H8O4/c1-4(8)5-2-3-6(11-5)7(9)10/h2-4,8H,1H3,(H,9,10). The molecule has 0 saturated heterocycles. The van der Waals surface area contributed by atoms with Gasteiger partial charge in [-0.15, -0.1) is 0 Å². The Labute approximate surface area is 63.1 Å². The van der Waals surface area contributed by atoms with E-state index in [1.807, 2.05) is 0 Å². The fourth-order valence-electron chi connectivity index (χ4n) is 0.692. The summed E-state index contributed by atoms with van der Waals surface area (Å²) < 4.78 is 4.76. The number of furan rings is 1. The van der Waals surface area contributed by atoms with Crippen molar-refractivity contribution in [3.8, 4) is 0 Å². The number of aromatic carboxylic acids is 1. The fourth-order valence-corrected chi connectivity index (χ4v) is 0.692. The summed E-state index contributed by atoms with van der Waals surface area (Å²) in [5.41, 5.74) is 0. The molecule has 1 atom stereocenters. The molecule has 1 heterocycles. The Morgan fingerprint density at radius 2 is 2.27 bits per heavy atom. The van der Waals surface area contributed by atoms with Crippen molar-refractivity contribution >= 4 is 5.97 Å². The number of hydrogen-bond acceptors (Lipinski definition) is 3. The lowest BCUT2D eigenvalue weighted by Gasteiger charge is -1.95. The Bertz CT molecular complexity index is 261. The highest BCUT2D eigenvalue weighted by molar-refractivity contribution is 5.84. The van der Waals surface area contributed by atoms with Crippen LogP contribution in [0.1, 0.15) is 29.3 Å². The van der Waals surface area contributed by atoms with Crippen molar-refractivity contribution in [1.29, 1.82) is 0 Å². The van der Waals surface area contributed by atoms with Gasteiger partial charge in [-0.25, -0.2) is 4.79 Å². The molecule has 2 N–H and O–H groups in total. The van der Waals surface area contributed by atoms with Crippen LogP contribution >= 0.6 is 0 Å². The number of carboxylic acids is 1. The van der Waals surface area contributed by atoms with Crippen molar-refractivity contribution in [2.45, 2.75) is 13.0 Å². The maximum atomic E-state index is 10.3. The van der Waals surface area contributed by atoms with E-state index in [0.29, 0.717) is 0 Å². The molecule has 0 aliphatic carbocycles. The van der Waals surface area contributed by atoms with Crippen LogP contribution < -0.4 is 0 Å². The molecule has 60 valence electrons. The molecule has 4 nitrogen and oxygen atoms in total. The Morgan fingerprint density at radius 3 is 2.55 bits per heavy atom. The van der Waals surface area contributed by atoms with E-state index >= 15 is 0 Å². The minimum Gasteiger partial charge on any atom is -0.475 e. The van der Waals surface area contributed by atoms with E-state index in [1.165, 1.54) is 19.1 Å². The van der Waals surface area contributed by atoms with Gasteiger partial charge in [0, 0.05) is 0 Å². The SMILES string of the molecule is CC(O)c1ccc(C(=O)O)o1. The van der Waals surface area contributed by atoms with Crippen molar-refractivity contribution in [2.75, 3.05) is 0 Å². The van der Waals surface area contributed by atoms with Crippen molar-refractivity contribution in [3.63, 3.8) is 0 Å². The molecule has 4 heteroatoms. The van der Waals surface area contributed by atoms with Crippen LogP contribution in [0.4, 0.5) is 0 Å². The average Bonchev–Trinajstić information content (AvgIpc) is 2.33. The second kappa shape index (κ2) is 2.75. The molecule has 0 bridgehead atoms. The molecule has 0 radical (unpaired) electrons. The molecule has 0 amide bonds. The van der Waals surface area contributed by atoms with Crippen LogP contribution in [0.15, 0.2) is 16.5 Å². The maximum Gasteiger partial charge on any atom is 0.371 e. The molecule has 0 aliphatic heterocycles. The first-order valence-corrected chi connectivity index (χ1v) is 3.12. The summed E-state index contributed by atoms with van der Waals surface area (Å²) >= 11 is 0. The van der Waals surface area contributed by atoms with Crippen LogP contribution in [-0.2, 0) is 0 Å². The first kappa shape index (κ1) is 7.81. The number of hydrogen-bond donors (Lipinski definition) is 2. The molecule has 0 aliphatic rings. The highest BCUT2D eigenvalue weighted by Crippen LogP contribution is 2.15. The molecule has 1 rings (SSSR count). The van der Waals surface area contributed by atoms with Gasteiger partial charge in [-0.3, -0.25) is 0 Å². The van der Waals surface area contributed by atoms with E-state index in [1.54, 1.807) is 0 Å². The maximum absolute atomic E-state index is 10.3. The fraction of sp³-hybridized carbons (Fsp3) is 0.286. The van der Waals surface area contributed by atoms with Crippen molar-refractivity contribution < 1.29 is 19.4 Å². The van der Waals surface area contributed by atoms with E-state index in [4.69, 9.17) is 14.6 Å². The molecule has 0 aromatic carbocycles. The summed E-state index contributed by atoms with van der Waals surface area (Å²) in [6, 6.07) is 2.75. The van der Waals surface area contributed by atoms with Gasteiger partial charge in [0.25, 0.3) is 0 Å². The van der Waals surface area contributed by atoms with Gasteiger partial charge in [-0.2, -0.15) is 0 Å². The lowest BCUT2D eigenvalue weighted by molar-refractivity contribution is 0.0653. The Hall–Kier alpha value is -1.29. The largest absolute Gasteiger partial charge is 0.475 e. The number of rotatable bonds is 2. The van der Waals surface area contributed by atoms with Crippen LogP contribution in [-0.4, -0.2) is 16.2 Å². The van der Waals surface area contributed by atoms with Gasteiger partial charge in [-0.05, 0) is 19.1 Å². The number of carbonyl (C=O) groups is 1. The zero-order chi connectivity index (χ0) is 8.43. The zero-order valence-electron chi connectivity index (χ0n) is 5.94. The normalized spacial score (nSPS) is 12.9. The summed E-state index contributed by atoms with van der Waals surface area (Å²) in [6.07, 6.45) is -0.761. The Balaban J connectivity index is 2.90. The predicted octanol–water partition coefficient (Wildman–Crippen LogP) is 1.03. The summed E-state index contributed by atoms with van der Waals surface area (Å²) in [6.45, 7) is 1.50. The van der Waals surface area contributed by atoms with Crippen molar-refractivity contribution in [1.82, 2.24) is 0 Å². The second-order valence-electron chi connectivity index (χ2n) is 2.18. The Morgan fingerprint density at radius 1 is 1.64 bits per heavy atom. The molecular weight excluding hydrogens is 148 g/mol. The van der Waals surface area contributed by atoms with E-state index < -0.39 is 12.1 Å². The topological polar surface area (TPSA) is 70.7 Å². The van der Waals surface area contributed by atoms with Gasteiger partial charge in [0.2, 0.25) is 5.76 Å². The third kappa shape index (κ3) is 1.59. The summed E-state index contributed by atoms with van der Waals surface area (Å²) in [4.78, 5) is 10.3. The first-order chi connectivity index (χ1) is 5.11. The van der Waals surface area contributed by atoms with Crippen LogP contribution in [0.2, 0.25) is 0 Å². The molecule has 0 saturated carbocycles. The number of aliphatic hydroxyl groups is 1. The monoisotopic (exact) mass is 156 g/mol. The summed E-state index contributed by atoms with van der Waals surface area (Å²) in [7, 11) is 0. The van der Waals surface area contributed by atoms with Gasteiger partial charge < -0.3 is 14.6 Å². The highest BCUT2D eigenvalue weighted by Gasteiger charge is 2.11. The second-order valence-corrected chi connectivity index (χ2v) is 2.18. The molecule has 1 unspecified atom stereocenters. The van der Waals surface area contributed by atoms with Crippen molar-refractivity contribution in [2.24, 2.45) is 0 Å². The van der Waals surface area contributed by atoms with Gasteiger partial charge >= 0.3 is 5.97 Å². The molecule has 0 fully saturated rings. The smallest absolute Gasteiger partial charge is 0.371 e. The lowest BCUT2D eigenvalue weighted by atomic mass is 10.3. The number of aliphatic hydroxyl groups excluding tert-OH is 1. The molecule has 1 aromatic heterocycles. The molecule has 11 heavy (non-hydrogen) atoms. The highest BCUT2D eigenvalue weighted by atomic mass is 16.4. The third-order valence-electron chi connectivity index (χ3n) is 1.25. The van der Waals surface area contributed by atoms with Crippen LogP contribution in [0.5, 0.6) is 0 Å². The minimum absolute atomic E-state index is 0.152. The van der Waals surface area contributed by atoms with Crippen LogP contribution in [0.3, 0.4) is 0 Å². The van der Waals surface area contributed by atoms with E-state index in [0.717, 1.165) is 0 Å². The Kier molecular flexibility index (Phi) is 1.96.